The van der Waals surface area contributed by atoms with Crippen molar-refractivity contribution >= 4 is 31.9 Å². The number of nitrogens with zero attached hydrogens (tertiary/aromatic N) is 4. The first-order valence-electron chi connectivity index (χ1n) is 9.83. The lowest BCUT2D eigenvalue weighted by Gasteiger charge is -2.46. The molecule has 0 aromatic heterocycles. The Hall–Kier alpha value is -1.24. The summed E-state index contributed by atoms with van der Waals surface area (Å²) in [6.45, 7) is 5.55. The molecule has 3 saturated heterocycles. The summed E-state index contributed by atoms with van der Waals surface area (Å²) >= 11 is 0. The van der Waals surface area contributed by atoms with Crippen LogP contribution >= 0.6 is 0 Å². The molecule has 0 saturated carbocycles. The van der Waals surface area contributed by atoms with Gasteiger partial charge in [0, 0.05) is 46.3 Å². The molecule has 0 aromatic rings. The van der Waals surface area contributed by atoms with E-state index in [1.54, 1.807) is 9.80 Å². The minimum absolute atomic E-state index is 0.0466. The Bertz CT molecular complexity index is 882. The third-order valence-electron chi connectivity index (χ3n) is 6.22. The van der Waals surface area contributed by atoms with E-state index in [2.05, 4.69) is 0 Å². The highest BCUT2D eigenvalue weighted by atomic mass is 32.2. The van der Waals surface area contributed by atoms with E-state index < -0.39 is 25.3 Å². The number of rotatable bonds is 4. The summed E-state index contributed by atoms with van der Waals surface area (Å²) in [7, 11) is -5.42. The predicted molar refractivity (Wildman–Crippen MR) is 107 cm³/mol. The highest BCUT2D eigenvalue weighted by Gasteiger charge is 2.47. The zero-order valence-electron chi connectivity index (χ0n) is 17.3. The van der Waals surface area contributed by atoms with E-state index in [1.165, 1.54) is 15.7 Å². The molecule has 12 heteroatoms. The van der Waals surface area contributed by atoms with Crippen molar-refractivity contribution in [2.75, 3.05) is 52.6 Å². The molecule has 166 valence electrons. The van der Waals surface area contributed by atoms with Crippen LogP contribution in [0.3, 0.4) is 0 Å². The van der Waals surface area contributed by atoms with Crippen molar-refractivity contribution in [2.45, 2.75) is 31.6 Å². The topological polar surface area (TPSA) is 115 Å². The van der Waals surface area contributed by atoms with Gasteiger partial charge in [-0.05, 0) is 12.3 Å². The summed E-state index contributed by atoms with van der Waals surface area (Å²) in [5, 5.41) is -1.05. The monoisotopic (exact) mass is 450 g/mol. The van der Waals surface area contributed by atoms with E-state index in [0.717, 1.165) is 6.26 Å². The smallest absolute Gasteiger partial charge is 0.242 e. The minimum atomic E-state index is -3.62. The first-order valence-corrected chi connectivity index (χ1v) is 13.2. The molecule has 10 nitrogen and oxygen atoms in total. The molecule has 0 spiro atoms. The highest BCUT2D eigenvalue weighted by Crippen LogP contribution is 2.28. The van der Waals surface area contributed by atoms with Crippen molar-refractivity contribution in [3.05, 3.63) is 0 Å². The number of carbonyl (C=O) groups is 2. The quantitative estimate of drug-likeness (QED) is 0.521. The van der Waals surface area contributed by atoms with Crippen LogP contribution in [0.2, 0.25) is 0 Å². The maximum atomic E-state index is 13.1. The molecule has 2 atom stereocenters. The molecular weight excluding hydrogens is 420 g/mol. The van der Waals surface area contributed by atoms with Crippen LogP contribution in [0, 0.1) is 11.8 Å². The summed E-state index contributed by atoms with van der Waals surface area (Å²) in [4.78, 5) is 29.2. The molecule has 3 aliphatic heterocycles. The summed E-state index contributed by atoms with van der Waals surface area (Å²) in [6, 6.07) is -0.271. The van der Waals surface area contributed by atoms with Crippen LogP contribution in [0.1, 0.15) is 20.3 Å². The molecular formula is C17H30N4O6S2. The second kappa shape index (κ2) is 7.78. The van der Waals surface area contributed by atoms with Gasteiger partial charge in [0.05, 0.1) is 18.2 Å². The Morgan fingerprint density at radius 1 is 1.00 bits per heavy atom. The van der Waals surface area contributed by atoms with Crippen molar-refractivity contribution in [1.29, 1.82) is 0 Å². The lowest BCUT2D eigenvalue weighted by Crippen LogP contribution is -2.63. The zero-order chi connectivity index (χ0) is 21.7. The molecule has 3 fully saturated rings. The van der Waals surface area contributed by atoms with Gasteiger partial charge in [0.25, 0.3) is 0 Å². The molecule has 3 rings (SSSR count). The van der Waals surface area contributed by atoms with E-state index in [4.69, 9.17) is 0 Å². The van der Waals surface area contributed by atoms with E-state index in [1.807, 2.05) is 13.8 Å². The Balaban J connectivity index is 1.67. The van der Waals surface area contributed by atoms with Gasteiger partial charge < -0.3 is 9.80 Å². The highest BCUT2D eigenvalue weighted by molar-refractivity contribution is 7.90. The second-order valence-corrected chi connectivity index (χ2v) is 12.8. The summed E-state index contributed by atoms with van der Waals surface area (Å²) in [5.74, 6) is -0.795. The summed E-state index contributed by atoms with van der Waals surface area (Å²) in [6.07, 6.45) is 1.41. The average Bonchev–Trinajstić information content (AvgIpc) is 2.84. The van der Waals surface area contributed by atoms with Crippen molar-refractivity contribution in [2.24, 2.45) is 11.8 Å². The summed E-state index contributed by atoms with van der Waals surface area (Å²) in [5.41, 5.74) is 0. The first-order chi connectivity index (χ1) is 13.3. The lowest BCUT2D eigenvalue weighted by atomic mass is 9.96. The number of carbonyl (C=O) groups excluding carboxylic acids is 2. The average molecular weight is 451 g/mol. The molecule has 0 bridgehead atoms. The van der Waals surface area contributed by atoms with Crippen LogP contribution in [-0.2, 0) is 29.6 Å². The van der Waals surface area contributed by atoms with Crippen LogP contribution in [0.5, 0.6) is 0 Å². The Morgan fingerprint density at radius 3 is 2.10 bits per heavy atom. The molecule has 0 radical (unpaired) electrons. The van der Waals surface area contributed by atoms with E-state index in [0.29, 0.717) is 19.6 Å². The molecule has 1 unspecified atom stereocenters. The maximum Gasteiger partial charge on any atom is 0.242 e. The van der Waals surface area contributed by atoms with Gasteiger partial charge in [-0.3, -0.25) is 9.59 Å². The van der Waals surface area contributed by atoms with Gasteiger partial charge in [0.15, 0.2) is 5.25 Å². The first kappa shape index (κ1) is 22.4. The van der Waals surface area contributed by atoms with Crippen LogP contribution in [0.25, 0.3) is 0 Å². The Kier molecular flexibility index (Phi) is 6.03. The van der Waals surface area contributed by atoms with Gasteiger partial charge in [0.1, 0.15) is 0 Å². The predicted octanol–water partition coefficient (Wildman–Crippen LogP) is -1.39. The fraction of sp³-hybridized carbons (Fsp3) is 0.882. The number of sulfonamides is 2. The Morgan fingerprint density at radius 2 is 1.62 bits per heavy atom. The van der Waals surface area contributed by atoms with Gasteiger partial charge in [-0.25, -0.2) is 25.4 Å². The number of hydrogen-bond donors (Lipinski definition) is 0. The number of amides is 2. The minimum Gasteiger partial charge on any atom is -0.339 e. The van der Waals surface area contributed by atoms with Gasteiger partial charge in [-0.2, -0.15) is 0 Å². The van der Waals surface area contributed by atoms with Gasteiger partial charge in [-0.15, -0.1) is 0 Å². The second-order valence-electron chi connectivity index (χ2n) is 8.55. The van der Waals surface area contributed by atoms with Crippen molar-refractivity contribution in [3.8, 4) is 0 Å². The largest absolute Gasteiger partial charge is 0.339 e. The van der Waals surface area contributed by atoms with Crippen LogP contribution in [0.15, 0.2) is 0 Å². The lowest BCUT2D eigenvalue weighted by molar-refractivity contribution is -0.148. The fourth-order valence-electron chi connectivity index (χ4n) is 4.21. The molecule has 29 heavy (non-hydrogen) atoms. The molecule has 3 heterocycles. The van der Waals surface area contributed by atoms with Crippen molar-refractivity contribution in [3.63, 3.8) is 0 Å². The number of piperazine rings is 1. The molecule has 0 aliphatic carbocycles. The van der Waals surface area contributed by atoms with E-state index >= 15 is 0 Å². The fourth-order valence-corrected chi connectivity index (χ4v) is 6.70. The maximum absolute atomic E-state index is 13.1. The summed E-state index contributed by atoms with van der Waals surface area (Å²) < 4.78 is 50.4. The number of hydrogen-bond acceptors (Lipinski definition) is 6. The molecule has 3 aliphatic rings. The van der Waals surface area contributed by atoms with Crippen LogP contribution in [0.4, 0.5) is 0 Å². The van der Waals surface area contributed by atoms with Crippen molar-refractivity contribution in [1.82, 2.24) is 18.4 Å². The van der Waals surface area contributed by atoms with Gasteiger partial charge >= 0.3 is 0 Å². The SMILES string of the molecule is CC(C)[C@H]1CN(C(=O)C2CN(S(C)(=O)=O)C2)CCN1C(=O)C1CCN(C)S1(=O)=O. The van der Waals surface area contributed by atoms with Crippen LogP contribution in [-0.4, -0.2) is 111 Å². The Labute approximate surface area is 172 Å². The standard InChI is InChI=1S/C17H30N4O6S2/c1-12(2)14-11-19(16(22)13-9-20(10-13)28(4,24)25)7-8-21(14)17(23)15-5-6-18(3)29(15,26)27/h12-15H,5-11H2,1-4H3/t14-,15?/m1/s1. The third-order valence-corrected chi connectivity index (χ3v) is 9.67. The van der Waals surface area contributed by atoms with E-state index in [9.17, 15) is 26.4 Å². The van der Waals surface area contributed by atoms with Crippen molar-refractivity contribution < 1.29 is 26.4 Å². The molecule has 0 N–H and O–H groups in total. The molecule has 0 aromatic carbocycles. The van der Waals surface area contributed by atoms with Crippen LogP contribution < -0.4 is 0 Å². The normalized spacial score (nSPS) is 29.3. The zero-order valence-corrected chi connectivity index (χ0v) is 18.9. The van der Waals surface area contributed by atoms with Gasteiger partial charge in [0.2, 0.25) is 31.9 Å². The van der Waals surface area contributed by atoms with E-state index in [-0.39, 0.29) is 55.7 Å². The molecule has 2 amide bonds. The van der Waals surface area contributed by atoms with Gasteiger partial charge in [-0.1, -0.05) is 13.8 Å². The third kappa shape index (κ3) is 4.17.